The lowest BCUT2D eigenvalue weighted by Crippen LogP contribution is -1.80. The summed E-state index contributed by atoms with van der Waals surface area (Å²) in [5.41, 5.74) is 0. The van der Waals surface area contributed by atoms with Gasteiger partial charge in [-0.15, -0.1) is 0 Å². The van der Waals surface area contributed by atoms with Crippen molar-refractivity contribution in [3.63, 3.8) is 0 Å². The van der Waals surface area contributed by atoms with Gasteiger partial charge in [0.15, 0.2) is 0 Å². The predicted octanol–water partition coefficient (Wildman–Crippen LogP) is 9.82. The molecule has 0 aliphatic carbocycles. The molecule has 0 unspecified atom stereocenters. The van der Waals surface area contributed by atoms with Gasteiger partial charge in [0, 0.05) is 0 Å². The second-order valence-corrected chi connectivity index (χ2v) is 9.98. The van der Waals surface area contributed by atoms with Gasteiger partial charge in [-0.2, -0.15) is 0 Å². The Morgan fingerprint density at radius 2 is 0.680 bits per heavy atom. The number of hydrogen-bond donors (Lipinski definition) is 0. The molecule has 0 N–H and O–H groups in total. The Hall–Kier alpha value is -0.610. The Balaban J connectivity index is 5.26. The maximum Gasteiger partial charge on any atom is 0.113 e. The summed E-state index contributed by atoms with van der Waals surface area (Å²) in [5.74, 6) is 10.2. The highest BCUT2D eigenvalue weighted by Crippen LogP contribution is 2.65. The van der Waals surface area contributed by atoms with Crippen molar-refractivity contribution in [3.05, 3.63) is 47.6 Å². The Morgan fingerprint density at radius 1 is 0.440 bits per heavy atom. The molecule has 0 aromatic rings. The molecular formula is C24H44P+. The first-order valence-corrected chi connectivity index (χ1v) is 12.9. The number of hydrogen-bond acceptors (Lipinski definition) is 0. The zero-order chi connectivity index (χ0) is 18.6. The molecule has 0 aromatic carbocycles. The Morgan fingerprint density at radius 3 is 0.880 bits per heavy atom. The highest BCUT2D eigenvalue weighted by Gasteiger charge is 2.25. The van der Waals surface area contributed by atoms with Gasteiger partial charge in [0.1, 0.15) is 7.26 Å². The van der Waals surface area contributed by atoms with E-state index in [1.807, 2.05) is 0 Å². The van der Waals surface area contributed by atoms with Crippen LogP contribution in [0.1, 0.15) is 105 Å². The molecule has 25 heavy (non-hydrogen) atoms. The molecule has 0 spiro atoms. The van der Waals surface area contributed by atoms with Crippen LogP contribution < -0.4 is 0 Å². The van der Waals surface area contributed by atoms with Crippen LogP contribution in [0.3, 0.4) is 0 Å². The summed E-state index contributed by atoms with van der Waals surface area (Å²) in [6.45, 7) is 9.10. The topological polar surface area (TPSA) is 0 Å². The second kappa shape index (κ2) is 18.2. The normalized spacial score (nSPS) is 13.3. The number of unbranched alkanes of at least 4 members (excludes halogenated alkanes) is 8. The van der Waals surface area contributed by atoms with Gasteiger partial charge in [0.25, 0.3) is 0 Å². The van der Waals surface area contributed by atoms with Crippen LogP contribution in [0.15, 0.2) is 47.6 Å². The summed E-state index contributed by atoms with van der Waals surface area (Å²) >= 11 is 0. The molecule has 1 heteroatoms. The monoisotopic (exact) mass is 363 g/mol. The summed E-state index contributed by atoms with van der Waals surface area (Å²) < 4.78 is 0. The van der Waals surface area contributed by atoms with Crippen LogP contribution in [0, 0.1) is 0 Å². The van der Waals surface area contributed by atoms with Crippen LogP contribution in [-0.4, -0.2) is 0 Å². The van der Waals surface area contributed by atoms with Crippen LogP contribution in [0.4, 0.5) is 0 Å². The predicted molar refractivity (Wildman–Crippen MR) is 122 cm³/mol. The molecule has 0 saturated carbocycles. The van der Waals surface area contributed by atoms with Crippen molar-refractivity contribution in [2.24, 2.45) is 0 Å². The molecule has 0 nitrogen and oxygen atoms in total. The van der Waals surface area contributed by atoms with E-state index in [9.17, 15) is 0 Å². The maximum absolute atomic E-state index is 2.54. The van der Waals surface area contributed by atoms with E-state index in [4.69, 9.17) is 0 Å². The minimum Gasteiger partial charge on any atom is -0.0654 e. The fraction of sp³-hybridized carbons (Fsp3) is 0.667. The lowest BCUT2D eigenvalue weighted by molar-refractivity contribution is 0.814. The zero-order valence-corrected chi connectivity index (χ0v) is 18.4. The molecule has 0 bridgehead atoms. The minimum absolute atomic E-state index is 1.21. The van der Waals surface area contributed by atoms with Crippen molar-refractivity contribution in [2.45, 2.75) is 105 Å². The average Bonchev–Trinajstić information content (AvgIpc) is 2.63. The second-order valence-electron chi connectivity index (χ2n) is 7.00. The van der Waals surface area contributed by atoms with E-state index in [2.05, 4.69) is 75.3 Å². The van der Waals surface area contributed by atoms with Gasteiger partial charge < -0.3 is 0 Å². The van der Waals surface area contributed by atoms with Crippen LogP contribution in [-0.2, 0) is 0 Å². The van der Waals surface area contributed by atoms with Gasteiger partial charge in [-0.25, -0.2) is 0 Å². The Kier molecular flexibility index (Phi) is 17.7. The van der Waals surface area contributed by atoms with Crippen molar-refractivity contribution in [2.75, 3.05) is 0 Å². The summed E-state index contributed by atoms with van der Waals surface area (Å²) in [6.07, 6.45) is 24.9. The van der Waals surface area contributed by atoms with Crippen molar-refractivity contribution in [3.8, 4) is 0 Å². The van der Waals surface area contributed by atoms with Gasteiger partial charge in [-0.1, -0.05) is 53.4 Å². The van der Waals surface area contributed by atoms with Gasteiger partial charge >= 0.3 is 0 Å². The standard InChI is InChI=1S/C24H44P/c1-5-9-13-17-21-25(22-18-14-10-6-2,23-19-15-11-7-3)24-20-16-12-8-4/h17-24H,5-16H2,1-4H3/q+1/b21-17+,22-18+,23-19+,24-20+. The third-order valence-corrected chi connectivity index (χ3v) is 7.26. The van der Waals surface area contributed by atoms with Crippen LogP contribution in [0.25, 0.3) is 0 Å². The molecule has 0 aliphatic heterocycles. The van der Waals surface area contributed by atoms with Crippen LogP contribution >= 0.6 is 7.26 Å². The van der Waals surface area contributed by atoms with Gasteiger partial charge in [0.05, 0.1) is 23.3 Å². The molecular weight excluding hydrogens is 319 g/mol. The van der Waals surface area contributed by atoms with E-state index in [-0.39, 0.29) is 0 Å². The van der Waals surface area contributed by atoms with Crippen LogP contribution in [0.2, 0.25) is 0 Å². The Bertz CT molecular complexity index is 309. The number of rotatable bonds is 16. The summed E-state index contributed by atoms with van der Waals surface area (Å²) in [7, 11) is -1.38. The zero-order valence-electron chi connectivity index (χ0n) is 17.6. The van der Waals surface area contributed by atoms with Crippen molar-refractivity contribution in [1.29, 1.82) is 0 Å². The van der Waals surface area contributed by atoms with E-state index in [1.165, 1.54) is 77.0 Å². The van der Waals surface area contributed by atoms with Crippen molar-refractivity contribution >= 4 is 7.26 Å². The smallest absolute Gasteiger partial charge is 0.0654 e. The fourth-order valence-corrected chi connectivity index (χ4v) is 5.27. The average molecular weight is 364 g/mol. The summed E-state index contributed by atoms with van der Waals surface area (Å²) in [5, 5.41) is 0. The molecule has 0 atom stereocenters. The first kappa shape index (κ1) is 24.4. The third kappa shape index (κ3) is 14.3. The molecule has 0 radical (unpaired) electrons. The molecule has 0 amide bonds. The maximum atomic E-state index is 2.54. The van der Waals surface area contributed by atoms with E-state index in [0.717, 1.165) is 0 Å². The summed E-state index contributed by atoms with van der Waals surface area (Å²) in [4.78, 5) is 0. The molecule has 0 heterocycles. The highest BCUT2D eigenvalue weighted by molar-refractivity contribution is 7.87. The number of allylic oxidation sites excluding steroid dienone is 4. The third-order valence-electron chi connectivity index (χ3n) is 4.35. The quantitative estimate of drug-likeness (QED) is 0.189. The molecule has 0 aliphatic rings. The van der Waals surface area contributed by atoms with E-state index in [1.54, 1.807) is 0 Å². The molecule has 144 valence electrons. The lowest BCUT2D eigenvalue weighted by atomic mass is 10.2. The molecule has 0 fully saturated rings. The molecule has 0 rings (SSSR count). The van der Waals surface area contributed by atoms with E-state index < -0.39 is 7.26 Å². The Labute approximate surface area is 159 Å². The first-order chi connectivity index (χ1) is 12.2. The van der Waals surface area contributed by atoms with Gasteiger partial charge in [0.2, 0.25) is 0 Å². The highest BCUT2D eigenvalue weighted by atomic mass is 31.2. The lowest BCUT2D eigenvalue weighted by Gasteiger charge is -2.11. The van der Waals surface area contributed by atoms with Gasteiger partial charge in [-0.05, 0) is 75.7 Å². The molecule has 0 aromatic heterocycles. The summed E-state index contributed by atoms with van der Waals surface area (Å²) in [6, 6.07) is 0. The van der Waals surface area contributed by atoms with Crippen LogP contribution in [0.5, 0.6) is 0 Å². The SMILES string of the molecule is CCCC/C=C/[P+](/C=C/CCCC)(/C=C/CCCC)/C=C/CCCC. The van der Waals surface area contributed by atoms with Crippen molar-refractivity contribution in [1.82, 2.24) is 0 Å². The first-order valence-electron chi connectivity index (χ1n) is 10.8. The largest absolute Gasteiger partial charge is 0.113 e. The fourth-order valence-electron chi connectivity index (χ4n) is 2.61. The minimum atomic E-state index is -1.38. The van der Waals surface area contributed by atoms with E-state index >= 15 is 0 Å². The van der Waals surface area contributed by atoms with E-state index in [0.29, 0.717) is 0 Å². The van der Waals surface area contributed by atoms with Crippen molar-refractivity contribution < 1.29 is 0 Å². The molecule has 0 saturated heterocycles. The van der Waals surface area contributed by atoms with Gasteiger partial charge in [-0.3, -0.25) is 0 Å².